The molecule has 1 aliphatic rings. The van der Waals surface area contributed by atoms with Gasteiger partial charge in [0.25, 0.3) is 0 Å². The maximum absolute atomic E-state index is 5.51. The zero-order valence-corrected chi connectivity index (χ0v) is 13.4. The first-order chi connectivity index (χ1) is 9.51. The van der Waals surface area contributed by atoms with E-state index in [1.165, 1.54) is 30.6 Å². The Morgan fingerprint density at radius 2 is 2.15 bits per heavy atom. The molecule has 1 saturated heterocycles. The van der Waals surface area contributed by atoms with Crippen molar-refractivity contribution in [2.45, 2.75) is 39.3 Å². The molecule has 2 rings (SSSR count). The first-order valence-electron chi connectivity index (χ1n) is 7.60. The molecule has 1 fully saturated rings. The number of nitrogens with one attached hydrogen (secondary N) is 1. The van der Waals surface area contributed by atoms with Crippen molar-refractivity contribution in [3.8, 4) is 5.75 Å². The van der Waals surface area contributed by atoms with E-state index in [1.807, 2.05) is 0 Å². The van der Waals surface area contributed by atoms with E-state index in [1.54, 1.807) is 7.11 Å². The molecule has 112 valence electrons. The van der Waals surface area contributed by atoms with Crippen molar-refractivity contribution in [2.75, 3.05) is 27.2 Å². The highest BCUT2D eigenvalue weighted by atomic mass is 16.5. The maximum atomic E-state index is 5.51. The summed E-state index contributed by atoms with van der Waals surface area (Å²) < 4.78 is 5.51. The molecule has 3 heteroatoms. The summed E-state index contributed by atoms with van der Waals surface area (Å²) in [6.07, 6.45) is 1.22. The molecule has 20 heavy (non-hydrogen) atoms. The molecular formula is C17H28N2O. The van der Waals surface area contributed by atoms with Gasteiger partial charge < -0.3 is 15.0 Å². The van der Waals surface area contributed by atoms with Crippen molar-refractivity contribution in [3.63, 3.8) is 0 Å². The van der Waals surface area contributed by atoms with Gasteiger partial charge in [-0.25, -0.2) is 0 Å². The quantitative estimate of drug-likeness (QED) is 0.915. The Hall–Kier alpha value is -1.06. The lowest BCUT2D eigenvalue weighted by molar-refractivity contribution is 0.167. The maximum Gasteiger partial charge on any atom is 0.123 e. The van der Waals surface area contributed by atoms with Crippen LogP contribution in [0.2, 0.25) is 0 Å². The van der Waals surface area contributed by atoms with Crippen molar-refractivity contribution in [1.29, 1.82) is 0 Å². The molecule has 3 unspecified atom stereocenters. The average Bonchev–Trinajstić information content (AvgIpc) is 2.41. The van der Waals surface area contributed by atoms with Crippen molar-refractivity contribution in [1.82, 2.24) is 10.2 Å². The molecule has 1 N–H and O–H groups in total. The Balaban J connectivity index is 2.08. The molecule has 3 atom stereocenters. The van der Waals surface area contributed by atoms with Gasteiger partial charge in [-0.05, 0) is 45.8 Å². The zero-order valence-electron chi connectivity index (χ0n) is 13.4. The molecule has 0 spiro atoms. The van der Waals surface area contributed by atoms with Gasteiger partial charge in [0, 0.05) is 24.2 Å². The van der Waals surface area contributed by atoms with Crippen LogP contribution >= 0.6 is 0 Å². The number of likely N-dealkylation sites (tertiary alicyclic amines) is 1. The molecule has 1 heterocycles. The number of rotatable bonds is 4. The topological polar surface area (TPSA) is 24.5 Å². The zero-order chi connectivity index (χ0) is 14.7. The van der Waals surface area contributed by atoms with E-state index in [9.17, 15) is 0 Å². The molecule has 0 radical (unpaired) electrons. The van der Waals surface area contributed by atoms with Gasteiger partial charge in [0.15, 0.2) is 0 Å². The molecule has 0 saturated carbocycles. The summed E-state index contributed by atoms with van der Waals surface area (Å²) in [5.74, 6) is 1.67. The third-order valence-corrected chi connectivity index (χ3v) is 4.42. The summed E-state index contributed by atoms with van der Waals surface area (Å²) in [6.45, 7) is 9.07. The number of aryl methyl sites for hydroxylation is 1. The summed E-state index contributed by atoms with van der Waals surface area (Å²) in [6, 6.07) is 7.32. The minimum absolute atomic E-state index is 0.320. The Bertz CT molecular complexity index is 447. The lowest BCUT2D eigenvalue weighted by atomic mass is 9.92. The first-order valence-corrected chi connectivity index (χ1v) is 7.60. The fourth-order valence-corrected chi connectivity index (χ4v) is 3.20. The van der Waals surface area contributed by atoms with Gasteiger partial charge in [-0.3, -0.25) is 0 Å². The number of ether oxygens (including phenoxy) is 1. The second kappa shape index (κ2) is 6.59. The van der Waals surface area contributed by atoms with E-state index in [0.717, 1.165) is 5.75 Å². The molecule has 0 aromatic heterocycles. The van der Waals surface area contributed by atoms with Crippen LogP contribution in [-0.2, 0) is 0 Å². The smallest absolute Gasteiger partial charge is 0.123 e. The fraction of sp³-hybridized carbons (Fsp3) is 0.647. The Labute approximate surface area is 123 Å². The Kier molecular flexibility index (Phi) is 5.06. The van der Waals surface area contributed by atoms with Crippen LogP contribution < -0.4 is 10.1 Å². The van der Waals surface area contributed by atoms with Crippen LogP contribution in [0.5, 0.6) is 5.75 Å². The Morgan fingerprint density at radius 3 is 2.80 bits per heavy atom. The summed E-state index contributed by atoms with van der Waals surface area (Å²) in [5, 5.41) is 3.80. The molecule has 0 bridgehead atoms. The molecule has 0 amide bonds. The van der Waals surface area contributed by atoms with Crippen LogP contribution in [0.1, 0.15) is 37.4 Å². The average molecular weight is 276 g/mol. The predicted octanol–water partition coefficient (Wildman–Crippen LogP) is 2.99. The summed E-state index contributed by atoms with van der Waals surface area (Å²) in [4.78, 5) is 2.42. The number of methoxy groups -OCH3 is 1. The number of benzene rings is 1. The monoisotopic (exact) mass is 276 g/mol. The van der Waals surface area contributed by atoms with Gasteiger partial charge in [-0.2, -0.15) is 0 Å². The van der Waals surface area contributed by atoms with Crippen LogP contribution in [0, 0.1) is 12.8 Å². The Morgan fingerprint density at radius 1 is 1.40 bits per heavy atom. The van der Waals surface area contributed by atoms with Crippen LogP contribution in [-0.4, -0.2) is 38.2 Å². The third kappa shape index (κ3) is 3.53. The molecule has 1 aliphatic heterocycles. The minimum Gasteiger partial charge on any atom is -0.496 e. The van der Waals surface area contributed by atoms with E-state index in [-0.39, 0.29) is 0 Å². The van der Waals surface area contributed by atoms with Gasteiger partial charge in [-0.15, -0.1) is 0 Å². The van der Waals surface area contributed by atoms with E-state index in [2.05, 4.69) is 56.2 Å². The number of nitrogens with zero attached hydrogens (tertiary/aromatic N) is 1. The second-order valence-electron chi connectivity index (χ2n) is 6.27. The number of hydrogen-bond donors (Lipinski definition) is 1. The van der Waals surface area contributed by atoms with Crippen LogP contribution in [0.15, 0.2) is 18.2 Å². The van der Waals surface area contributed by atoms with Crippen molar-refractivity contribution < 1.29 is 4.74 Å². The number of hydrogen-bond acceptors (Lipinski definition) is 3. The highest BCUT2D eigenvalue weighted by Gasteiger charge is 2.26. The lowest BCUT2D eigenvalue weighted by Crippen LogP contribution is -2.47. The largest absolute Gasteiger partial charge is 0.496 e. The molecular weight excluding hydrogens is 248 g/mol. The van der Waals surface area contributed by atoms with Crippen LogP contribution in [0.4, 0.5) is 0 Å². The highest BCUT2D eigenvalue weighted by molar-refractivity contribution is 5.38. The number of piperidine rings is 1. The van der Waals surface area contributed by atoms with Crippen molar-refractivity contribution in [3.05, 3.63) is 29.3 Å². The van der Waals surface area contributed by atoms with Crippen molar-refractivity contribution in [2.24, 2.45) is 5.92 Å². The van der Waals surface area contributed by atoms with Crippen molar-refractivity contribution >= 4 is 0 Å². The van der Waals surface area contributed by atoms with Gasteiger partial charge in [-0.1, -0.05) is 24.6 Å². The van der Waals surface area contributed by atoms with Crippen LogP contribution in [0.3, 0.4) is 0 Å². The lowest BCUT2D eigenvalue weighted by Gasteiger charge is -2.37. The third-order valence-electron chi connectivity index (χ3n) is 4.42. The molecule has 1 aromatic rings. The van der Waals surface area contributed by atoms with Gasteiger partial charge in [0.05, 0.1) is 7.11 Å². The predicted molar refractivity (Wildman–Crippen MR) is 84.3 cm³/mol. The van der Waals surface area contributed by atoms with Gasteiger partial charge in [0.2, 0.25) is 0 Å². The normalized spacial score (nSPS) is 25.4. The van der Waals surface area contributed by atoms with Crippen LogP contribution in [0.25, 0.3) is 0 Å². The highest BCUT2D eigenvalue weighted by Crippen LogP contribution is 2.28. The summed E-state index contributed by atoms with van der Waals surface area (Å²) in [5.41, 5.74) is 2.55. The minimum atomic E-state index is 0.320. The van der Waals surface area contributed by atoms with Gasteiger partial charge >= 0.3 is 0 Å². The molecule has 3 nitrogen and oxygen atoms in total. The van der Waals surface area contributed by atoms with Gasteiger partial charge in [0.1, 0.15) is 5.75 Å². The second-order valence-corrected chi connectivity index (χ2v) is 6.27. The standard InChI is InChI=1S/C17H28N2O/c1-12-6-7-17(20-5)15(10-12)14(3)18-16-8-9-19(4)11-13(16)2/h6-7,10,13-14,16,18H,8-9,11H2,1-5H3. The molecule has 1 aromatic carbocycles. The summed E-state index contributed by atoms with van der Waals surface area (Å²) >= 11 is 0. The van der Waals surface area contributed by atoms with E-state index >= 15 is 0 Å². The molecule has 0 aliphatic carbocycles. The van der Waals surface area contributed by atoms with E-state index in [0.29, 0.717) is 18.0 Å². The SMILES string of the molecule is COc1ccc(C)cc1C(C)NC1CCN(C)CC1C. The van der Waals surface area contributed by atoms with E-state index < -0.39 is 0 Å². The van der Waals surface area contributed by atoms with E-state index in [4.69, 9.17) is 4.74 Å². The first kappa shape index (κ1) is 15.3. The summed E-state index contributed by atoms with van der Waals surface area (Å²) in [7, 11) is 3.96. The fourth-order valence-electron chi connectivity index (χ4n) is 3.20.